The molecule has 1 atom stereocenters. The van der Waals surface area contributed by atoms with E-state index in [-0.39, 0.29) is 17.7 Å². The summed E-state index contributed by atoms with van der Waals surface area (Å²) in [5.41, 5.74) is 2.50. The van der Waals surface area contributed by atoms with E-state index in [1.807, 2.05) is 0 Å². The quantitative estimate of drug-likeness (QED) is 0.709. The molecule has 2 aromatic heterocycles. The van der Waals surface area contributed by atoms with Crippen LogP contribution in [0.3, 0.4) is 0 Å². The lowest BCUT2D eigenvalue weighted by molar-refractivity contribution is -0.118. The van der Waals surface area contributed by atoms with Gasteiger partial charge in [-0.2, -0.15) is 5.10 Å². The number of aromatic nitrogens is 4. The summed E-state index contributed by atoms with van der Waals surface area (Å²) in [6.07, 6.45) is 3.98. The van der Waals surface area contributed by atoms with Crippen molar-refractivity contribution < 1.29 is 14.0 Å². The number of carbonyl (C=O) groups is 2. The minimum Gasteiger partial charge on any atom is -0.354 e. The first-order valence-corrected chi connectivity index (χ1v) is 9.49. The summed E-state index contributed by atoms with van der Waals surface area (Å²) in [6, 6.07) is 5.74. The van der Waals surface area contributed by atoms with E-state index in [9.17, 15) is 14.0 Å². The lowest BCUT2D eigenvalue weighted by atomic mass is 10.0. The van der Waals surface area contributed by atoms with Crippen LogP contribution in [0.1, 0.15) is 35.3 Å². The van der Waals surface area contributed by atoms with E-state index in [4.69, 9.17) is 5.10 Å². The van der Waals surface area contributed by atoms with Crippen molar-refractivity contribution in [3.05, 3.63) is 53.7 Å². The number of hydrogen-bond donors (Lipinski definition) is 1. The van der Waals surface area contributed by atoms with Gasteiger partial charge < -0.3 is 10.2 Å². The molecule has 2 amide bonds. The predicted octanol–water partition coefficient (Wildman–Crippen LogP) is 1.73. The Bertz CT molecular complexity index is 1070. The molecule has 1 N–H and O–H groups in total. The summed E-state index contributed by atoms with van der Waals surface area (Å²) >= 11 is 0. The van der Waals surface area contributed by atoms with E-state index >= 15 is 0 Å². The fraction of sp³-hybridized carbons (Fsp3) is 0.350. The SMILES string of the molecule is CC(=O)NCCn1nc([C@H]2CCN(C(=O)c3cccc(F)c3)C2)c2nccnc21. The zero-order valence-corrected chi connectivity index (χ0v) is 16.0. The number of nitrogens with one attached hydrogen (secondary N) is 1. The smallest absolute Gasteiger partial charge is 0.253 e. The molecule has 4 rings (SSSR count). The second kappa shape index (κ2) is 7.94. The first-order chi connectivity index (χ1) is 14.0. The minimum atomic E-state index is -0.425. The first kappa shape index (κ1) is 19.0. The van der Waals surface area contributed by atoms with Crippen molar-refractivity contribution in [3.63, 3.8) is 0 Å². The van der Waals surface area contributed by atoms with Crippen molar-refractivity contribution in [1.82, 2.24) is 30.0 Å². The van der Waals surface area contributed by atoms with Gasteiger partial charge in [-0.05, 0) is 24.6 Å². The second-order valence-electron chi connectivity index (χ2n) is 7.07. The lowest BCUT2D eigenvalue weighted by Crippen LogP contribution is -2.28. The summed E-state index contributed by atoms with van der Waals surface area (Å²) in [7, 11) is 0. The highest BCUT2D eigenvalue weighted by molar-refractivity contribution is 5.94. The van der Waals surface area contributed by atoms with Crippen molar-refractivity contribution in [2.45, 2.75) is 25.8 Å². The highest BCUT2D eigenvalue weighted by atomic mass is 19.1. The molecule has 29 heavy (non-hydrogen) atoms. The first-order valence-electron chi connectivity index (χ1n) is 9.49. The van der Waals surface area contributed by atoms with Crippen LogP contribution in [0.15, 0.2) is 36.7 Å². The summed E-state index contributed by atoms with van der Waals surface area (Å²) in [5.74, 6) is -0.693. The molecule has 3 aromatic rings. The van der Waals surface area contributed by atoms with Crippen LogP contribution in [0.4, 0.5) is 4.39 Å². The molecule has 150 valence electrons. The molecule has 1 aliphatic rings. The van der Waals surface area contributed by atoms with Gasteiger partial charge in [0.1, 0.15) is 11.3 Å². The number of halogens is 1. The summed E-state index contributed by atoms with van der Waals surface area (Å²) in [4.78, 5) is 34.4. The molecule has 8 nitrogen and oxygen atoms in total. The molecule has 0 radical (unpaired) electrons. The van der Waals surface area contributed by atoms with Gasteiger partial charge in [0.25, 0.3) is 5.91 Å². The maximum absolute atomic E-state index is 13.5. The van der Waals surface area contributed by atoms with E-state index in [2.05, 4.69) is 15.3 Å². The number of amides is 2. The van der Waals surface area contributed by atoms with Gasteiger partial charge in [-0.25, -0.2) is 19.0 Å². The predicted molar refractivity (Wildman–Crippen MR) is 104 cm³/mol. The Labute approximate surface area is 166 Å². The topological polar surface area (TPSA) is 93.0 Å². The maximum atomic E-state index is 13.5. The van der Waals surface area contributed by atoms with Crippen LogP contribution >= 0.6 is 0 Å². The second-order valence-corrected chi connectivity index (χ2v) is 7.07. The van der Waals surface area contributed by atoms with Crippen LogP contribution in [0.25, 0.3) is 11.2 Å². The van der Waals surface area contributed by atoms with E-state index < -0.39 is 5.82 Å². The van der Waals surface area contributed by atoms with Gasteiger partial charge in [0.15, 0.2) is 5.65 Å². The summed E-state index contributed by atoms with van der Waals surface area (Å²) < 4.78 is 15.2. The van der Waals surface area contributed by atoms with Crippen molar-refractivity contribution in [3.8, 4) is 0 Å². The van der Waals surface area contributed by atoms with Gasteiger partial charge in [0.05, 0.1) is 12.2 Å². The molecule has 0 aliphatic carbocycles. The van der Waals surface area contributed by atoms with Crippen molar-refractivity contribution in [2.24, 2.45) is 0 Å². The van der Waals surface area contributed by atoms with E-state index in [0.717, 1.165) is 12.1 Å². The fourth-order valence-corrected chi connectivity index (χ4v) is 3.67. The van der Waals surface area contributed by atoms with Crippen LogP contribution in [-0.4, -0.2) is 56.1 Å². The molecular weight excluding hydrogens is 375 g/mol. The Balaban J connectivity index is 1.54. The molecule has 0 saturated carbocycles. The van der Waals surface area contributed by atoms with Crippen LogP contribution < -0.4 is 5.32 Å². The molecule has 0 spiro atoms. The molecule has 1 saturated heterocycles. The molecule has 3 heterocycles. The Kier molecular flexibility index (Phi) is 5.20. The van der Waals surface area contributed by atoms with Gasteiger partial charge in [-0.15, -0.1) is 0 Å². The van der Waals surface area contributed by atoms with E-state index in [1.165, 1.54) is 25.1 Å². The van der Waals surface area contributed by atoms with Crippen molar-refractivity contribution in [2.75, 3.05) is 19.6 Å². The van der Waals surface area contributed by atoms with Crippen LogP contribution in [0.2, 0.25) is 0 Å². The molecule has 0 unspecified atom stereocenters. The Morgan fingerprint density at radius 1 is 1.28 bits per heavy atom. The highest BCUT2D eigenvalue weighted by Crippen LogP contribution is 2.31. The number of benzene rings is 1. The molecule has 9 heteroatoms. The number of carbonyl (C=O) groups excluding carboxylic acids is 2. The standard InChI is InChI=1S/C20H21FN6O2/c1-13(28)22-8-10-27-19-18(23-6-7-24-19)17(25-27)15-5-9-26(12-15)20(29)14-3-2-4-16(21)11-14/h2-4,6-7,11,15H,5,8-10,12H2,1H3,(H,22,28)/t15-/m0/s1. The average Bonchev–Trinajstić information content (AvgIpc) is 3.32. The third-order valence-corrected chi connectivity index (χ3v) is 5.03. The van der Waals surface area contributed by atoms with Crippen molar-refractivity contribution in [1.29, 1.82) is 0 Å². The Morgan fingerprint density at radius 3 is 2.90 bits per heavy atom. The molecular formula is C20H21FN6O2. The van der Waals surface area contributed by atoms with E-state index in [0.29, 0.717) is 42.9 Å². The maximum Gasteiger partial charge on any atom is 0.253 e. The molecule has 1 fully saturated rings. The van der Waals surface area contributed by atoms with Gasteiger partial charge in [-0.1, -0.05) is 6.07 Å². The number of rotatable bonds is 5. The zero-order chi connectivity index (χ0) is 20.4. The monoisotopic (exact) mass is 396 g/mol. The molecule has 1 aromatic carbocycles. The van der Waals surface area contributed by atoms with Gasteiger partial charge in [0.2, 0.25) is 5.91 Å². The Morgan fingerprint density at radius 2 is 2.10 bits per heavy atom. The average molecular weight is 396 g/mol. The van der Waals surface area contributed by atoms with Crippen LogP contribution in [0.5, 0.6) is 0 Å². The zero-order valence-electron chi connectivity index (χ0n) is 16.0. The highest BCUT2D eigenvalue weighted by Gasteiger charge is 2.32. The van der Waals surface area contributed by atoms with Gasteiger partial charge >= 0.3 is 0 Å². The Hall–Kier alpha value is -3.36. The summed E-state index contributed by atoms with van der Waals surface area (Å²) in [5, 5.41) is 7.44. The lowest BCUT2D eigenvalue weighted by Gasteiger charge is -2.16. The normalized spacial score (nSPS) is 16.3. The number of likely N-dealkylation sites (tertiary alicyclic amines) is 1. The molecule has 0 bridgehead atoms. The molecule has 1 aliphatic heterocycles. The van der Waals surface area contributed by atoms with Gasteiger partial charge in [0, 0.05) is 50.4 Å². The number of nitrogens with zero attached hydrogens (tertiary/aromatic N) is 5. The van der Waals surface area contributed by atoms with E-state index in [1.54, 1.807) is 28.0 Å². The summed E-state index contributed by atoms with van der Waals surface area (Å²) in [6.45, 7) is 3.45. The van der Waals surface area contributed by atoms with Crippen LogP contribution in [-0.2, 0) is 11.3 Å². The fourth-order valence-electron chi connectivity index (χ4n) is 3.67. The van der Waals surface area contributed by atoms with Crippen molar-refractivity contribution >= 4 is 23.0 Å². The number of hydrogen-bond acceptors (Lipinski definition) is 5. The third kappa shape index (κ3) is 3.94. The minimum absolute atomic E-state index is 0.0220. The van der Waals surface area contributed by atoms with Gasteiger partial charge in [-0.3, -0.25) is 9.59 Å². The number of fused-ring (bicyclic) bond motifs is 1. The van der Waals surface area contributed by atoms with Crippen LogP contribution in [0, 0.1) is 5.82 Å². The third-order valence-electron chi connectivity index (χ3n) is 5.03. The largest absolute Gasteiger partial charge is 0.354 e.